The van der Waals surface area contributed by atoms with Gasteiger partial charge in [-0.2, -0.15) is 0 Å². The molecule has 1 heterocycles. The summed E-state index contributed by atoms with van der Waals surface area (Å²) in [5.74, 6) is 6.10. The molecule has 0 unspecified atom stereocenters. The molecule has 3 heteroatoms. The maximum Gasteiger partial charge on any atom is 0.221 e. The smallest absolute Gasteiger partial charge is 0.221 e. The van der Waals surface area contributed by atoms with Crippen LogP contribution in [0.4, 0.5) is 0 Å². The highest BCUT2D eigenvalue weighted by molar-refractivity contribution is 5.76. The van der Waals surface area contributed by atoms with Crippen LogP contribution < -0.4 is 5.32 Å². The zero-order chi connectivity index (χ0) is 11.6. The van der Waals surface area contributed by atoms with Crippen LogP contribution in [0.25, 0.3) is 0 Å². The number of hydrogen-bond acceptors (Lipinski definition) is 2. The summed E-state index contributed by atoms with van der Waals surface area (Å²) >= 11 is 0. The number of hydrogen-bond donors (Lipinski definition) is 1. The van der Waals surface area contributed by atoms with Crippen molar-refractivity contribution in [3.8, 4) is 11.8 Å². The third-order valence-corrected chi connectivity index (χ3v) is 2.58. The number of allylic oxidation sites excluding steroid dienone is 1. The minimum atomic E-state index is 0.0513. The standard InChI is InChI=1S/C13H20N2O/c1-2-3-8-13(16)14-9-4-5-10-15-11-6-7-12-15/h2H,1,3,6-12H2,(H,14,16). The molecule has 1 aliphatic heterocycles. The zero-order valence-electron chi connectivity index (χ0n) is 9.80. The van der Waals surface area contributed by atoms with E-state index in [2.05, 4.69) is 28.6 Å². The van der Waals surface area contributed by atoms with Gasteiger partial charge in [-0.05, 0) is 32.4 Å². The van der Waals surface area contributed by atoms with Crippen molar-refractivity contribution in [2.45, 2.75) is 25.7 Å². The first-order valence-corrected chi connectivity index (χ1v) is 5.88. The lowest BCUT2D eigenvalue weighted by molar-refractivity contribution is -0.120. The molecule has 3 nitrogen and oxygen atoms in total. The van der Waals surface area contributed by atoms with Crippen LogP contribution in [-0.4, -0.2) is 37.0 Å². The van der Waals surface area contributed by atoms with Crippen molar-refractivity contribution in [3.05, 3.63) is 12.7 Å². The molecular weight excluding hydrogens is 200 g/mol. The van der Waals surface area contributed by atoms with Gasteiger partial charge in [0.05, 0.1) is 13.1 Å². The molecule has 1 rings (SSSR count). The highest BCUT2D eigenvalue weighted by Gasteiger charge is 2.08. The molecule has 16 heavy (non-hydrogen) atoms. The van der Waals surface area contributed by atoms with Gasteiger partial charge in [0.15, 0.2) is 0 Å². The average molecular weight is 220 g/mol. The molecule has 0 bridgehead atoms. The second kappa shape index (κ2) is 7.95. The van der Waals surface area contributed by atoms with Crippen molar-refractivity contribution in [1.29, 1.82) is 0 Å². The van der Waals surface area contributed by atoms with E-state index in [0.29, 0.717) is 13.0 Å². The molecule has 0 saturated carbocycles. The lowest BCUT2D eigenvalue weighted by atomic mass is 10.3. The number of carbonyl (C=O) groups is 1. The van der Waals surface area contributed by atoms with Crippen molar-refractivity contribution >= 4 is 5.91 Å². The molecule has 1 fully saturated rings. The summed E-state index contributed by atoms with van der Waals surface area (Å²) < 4.78 is 0. The van der Waals surface area contributed by atoms with E-state index in [1.165, 1.54) is 25.9 Å². The fraction of sp³-hybridized carbons (Fsp3) is 0.615. The summed E-state index contributed by atoms with van der Waals surface area (Å²) in [5, 5.41) is 2.76. The Morgan fingerprint density at radius 1 is 1.38 bits per heavy atom. The Bertz CT molecular complexity index is 282. The molecule has 1 N–H and O–H groups in total. The van der Waals surface area contributed by atoms with Gasteiger partial charge in [-0.1, -0.05) is 17.9 Å². The molecule has 0 aliphatic carbocycles. The van der Waals surface area contributed by atoms with Gasteiger partial charge in [0.2, 0.25) is 5.91 Å². The lowest BCUT2D eigenvalue weighted by Crippen LogP contribution is -2.23. The minimum absolute atomic E-state index is 0.0513. The van der Waals surface area contributed by atoms with Gasteiger partial charge in [0.25, 0.3) is 0 Å². The first kappa shape index (κ1) is 12.8. The summed E-state index contributed by atoms with van der Waals surface area (Å²) in [6, 6.07) is 0. The van der Waals surface area contributed by atoms with Crippen molar-refractivity contribution in [1.82, 2.24) is 10.2 Å². The van der Waals surface area contributed by atoms with Gasteiger partial charge in [-0.25, -0.2) is 0 Å². The van der Waals surface area contributed by atoms with Gasteiger partial charge in [0, 0.05) is 6.42 Å². The van der Waals surface area contributed by atoms with Crippen molar-refractivity contribution < 1.29 is 4.79 Å². The normalized spacial score (nSPS) is 15.2. The van der Waals surface area contributed by atoms with E-state index < -0.39 is 0 Å². The molecule has 0 atom stereocenters. The average Bonchev–Trinajstić information content (AvgIpc) is 2.79. The first-order chi connectivity index (χ1) is 7.83. The molecule has 0 aromatic heterocycles. The van der Waals surface area contributed by atoms with Gasteiger partial charge in [0.1, 0.15) is 0 Å². The van der Waals surface area contributed by atoms with Crippen LogP contribution in [0.5, 0.6) is 0 Å². The number of nitrogens with zero attached hydrogens (tertiary/aromatic N) is 1. The van der Waals surface area contributed by atoms with Gasteiger partial charge in [-0.15, -0.1) is 6.58 Å². The lowest BCUT2D eigenvalue weighted by Gasteiger charge is -2.08. The van der Waals surface area contributed by atoms with E-state index in [4.69, 9.17) is 0 Å². The fourth-order valence-electron chi connectivity index (χ4n) is 1.64. The molecule has 88 valence electrons. The predicted octanol–water partition coefficient (Wildman–Crippen LogP) is 1.17. The predicted molar refractivity (Wildman–Crippen MR) is 65.9 cm³/mol. The minimum Gasteiger partial charge on any atom is -0.345 e. The van der Waals surface area contributed by atoms with Crippen LogP contribution in [0.15, 0.2) is 12.7 Å². The third-order valence-electron chi connectivity index (χ3n) is 2.58. The number of amides is 1. The Kier molecular flexibility index (Phi) is 6.36. The van der Waals surface area contributed by atoms with E-state index in [-0.39, 0.29) is 5.91 Å². The zero-order valence-corrected chi connectivity index (χ0v) is 9.80. The Balaban J connectivity index is 2.03. The quantitative estimate of drug-likeness (QED) is 0.557. The highest BCUT2D eigenvalue weighted by Crippen LogP contribution is 2.05. The summed E-state index contributed by atoms with van der Waals surface area (Å²) in [6.07, 6.45) is 5.57. The summed E-state index contributed by atoms with van der Waals surface area (Å²) in [6.45, 7) is 7.21. The molecule has 0 aromatic rings. The summed E-state index contributed by atoms with van der Waals surface area (Å²) in [4.78, 5) is 13.5. The van der Waals surface area contributed by atoms with Crippen LogP contribution in [-0.2, 0) is 4.79 Å². The van der Waals surface area contributed by atoms with Crippen LogP contribution in [0.3, 0.4) is 0 Å². The highest BCUT2D eigenvalue weighted by atomic mass is 16.1. The maximum atomic E-state index is 11.2. The summed E-state index contributed by atoms with van der Waals surface area (Å²) in [5.41, 5.74) is 0. The van der Waals surface area contributed by atoms with E-state index in [9.17, 15) is 4.79 Å². The van der Waals surface area contributed by atoms with Gasteiger partial charge < -0.3 is 5.32 Å². The van der Waals surface area contributed by atoms with Gasteiger partial charge in [-0.3, -0.25) is 9.69 Å². The summed E-state index contributed by atoms with van der Waals surface area (Å²) in [7, 11) is 0. The molecule has 0 radical (unpaired) electrons. The Labute approximate surface area is 97.9 Å². The fourth-order valence-corrected chi connectivity index (χ4v) is 1.64. The van der Waals surface area contributed by atoms with E-state index in [1.54, 1.807) is 6.08 Å². The SMILES string of the molecule is C=CCCC(=O)NCC#CCN1CCCC1. The van der Waals surface area contributed by atoms with Gasteiger partial charge >= 0.3 is 0 Å². The maximum absolute atomic E-state index is 11.2. The third kappa shape index (κ3) is 5.57. The number of likely N-dealkylation sites (tertiary alicyclic amines) is 1. The Morgan fingerprint density at radius 2 is 2.12 bits per heavy atom. The monoisotopic (exact) mass is 220 g/mol. The number of carbonyl (C=O) groups excluding carboxylic acids is 1. The van der Waals surface area contributed by atoms with Crippen molar-refractivity contribution in [2.75, 3.05) is 26.2 Å². The molecular formula is C13H20N2O. The van der Waals surface area contributed by atoms with Crippen LogP contribution in [0.2, 0.25) is 0 Å². The molecule has 0 spiro atoms. The number of nitrogens with one attached hydrogen (secondary N) is 1. The molecule has 1 aliphatic rings. The first-order valence-electron chi connectivity index (χ1n) is 5.88. The van der Waals surface area contributed by atoms with Crippen LogP contribution >= 0.6 is 0 Å². The number of rotatable bonds is 5. The van der Waals surface area contributed by atoms with Crippen LogP contribution in [0.1, 0.15) is 25.7 Å². The topological polar surface area (TPSA) is 32.3 Å². The second-order valence-corrected chi connectivity index (χ2v) is 3.94. The van der Waals surface area contributed by atoms with E-state index in [0.717, 1.165) is 13.0 Å². The molecule has 0 aromatic carbocycles. The Hall–Kier alpha value is -1.27. The van der Waals surface area contributed by atoms with Crippen LogP contribution in [0, 0.1) is 11.8 Å². The second-order valence-electron chi connectivity index (χ2n) is 3.94. The molecule has 1 saturated heterocycles. The largest absolute Gasteiger partial charge is 0.345 e. The van der Waals surface area contributed by atoms with E-state index in [1.807, 2.05) is 0 Å². The molecule has 1 amide bonds. The Morgan fingerprint density at radius 3 is 2.81 bits per heavy atom. The van der Waals surface area contributed by atoms with Crippen molar-refractivity contribution in [3.63, 3.8) is 0 Å². The van der Waals surface area contributed by atoms with Crippen molar-refractivity contribution in [2.24, 2.45) is 0 Å². The van der Waals surface area contributed by atoms with E-state index >= 15 is 0 Å².